The van der Waals surface area contributed by atoms with E-state index in [0.717, 1.165) is 49.3 Å². The first-order valence-electron chi connectivity index (χ1n) is 8.09. The minimum atomic E-state index is 0.0146. The number of hydrogen-bond acceptors (Lipinski definition) is 4. The lowest BCUT2D eigenvalue weighted by molar-refractivity contribution is 0.171. The summed E-state index contributed by atoms with van der Waals surface area (Å²) in [6.07, 6.45) is 0. The Labute approximate surface area is 143 Å². The number of thiocarbonyl (C=S) groups is 1. The molecule has 1 saturated heterocycles. The van der Waals surface area contributed by atoms with Crippen LogP contribution in [0, 0.1) is 0 Å². The van der Waals surface area contributed by atoms with Crippen molar-refractivity contribution in [2.24, 2.45) is 0 Å². The zero-order valence-corrected chi connectivity index (χ0v) is 14.9. The fraction of sp³-hybridized carbons (Fsp3) is 0.588. The summed E-state index contributed by atoms with van der Waals surface area (Å²) in [7, 11) is 0. The second-order valence-corrected chi connectivity index (χ2v) is 7.52. The number of rotatable bonds is 2. The molecule has 2 aliphatic heterocycles. The number of benzene rings is 1. The lowest BCUT2D eigenvalue weighted by Gasteiger charge is -2.38. The SMILES string of the molecule is CC(C)(C)NC(=S)N1CCN(Cc2ccc3c(c2)OCO3)CC1. The van der Waals surface area contributed by atoms with E-state index in [9.17, 15) is 0 Å². The summed E-state index contributed by atoms with van der Waals surface area (Å²) in [6.45, 7) is 11.6. The lowest BCUT2D eigenvalue weighted by atomic mass is 10.1. The fourth-order valence-corrected chi connectivity index (χ4v) is 3.30. The minimum Gasteiger partial charge on any atom is -0.454 e. The van der Waals surface area contributed by atoms with Crippen LogP contribution in [0.1, 0.15) is 26.3 Å². The maximum Gasteiger partial charge on any atom is 0.231 e. The van der Waals surface area contributed by atoms with Crippen molar-refractivity contribution in [1.82, 2.24) is 15.1 Å². The Balaban J connectivity index is 1.50. The van der Waals surface area contributed by atoms with E-state index in [1.165, 1.54) is 5.56 Å². The number of fused-ring (bicyclic) bond motifs is 1. The Hall–Kier alpha value is -1.53. The molecule has 23 heavy (non-hydrogen) atoms. The molecule has 0 spiro atoms. The first-order chi connectivity index (χ1) is 10.9. The van der Waals surface area contributed by atoms with Crippen LogP contribution in [0.4, 0.5) is 0 Å². The Morgan fingerprint density at radius 1 is 1.13 bits per heavy atom. The monoisotopic (exact) mass is 335 g/mol. The third-order valence-electron chi connectivity index (χ3n) is 3.98. The van der Waals surface area contributed by atoms with Crippen molar-refractivity contribution in [3.8, 4) is 11.5 Å². The standard InChI is InChI=1S/C17H25N3O2S/c1-17(2,3)18-16(23)20-8-6-19(7-9-20)11-13-4-5-14-15(10-13)22-12-21-14/h4-5,10H,6-9,11-12H2,1-3H3,(H,18,23). The molecular formula is C17H25N3O2S. The van der Waals surface area contributed by atoms with E-state index in [-0.39, 0.29) is 5.54 Å². The summed E-state index contributed by atoms with van der Waals surface area (Å²) in [6, 6.07) is 6.20. The smallest absolute Gasteiger partial charge is 0.231 e. The second kappa shape index (κ2) is 6.53. The molecule has 0 amide bonds. The van der Waals surface area contributed by atoms with Gasteiger partial charge in [-0.2, -0.15) is 0 Å². The minimum absolute atomic E-state index is 0.0146. The highest BCUT2D eigenvalue weighted by molar-refractivity contribution is 7.80. The maximum atomic E-state index is 5.51. The van der Waals surface area contributed by atoms with Crippen molar-refractivity contribution in [2.75, 3.05) is 33.0 Å². The Morgan fingerprint density at radius 3 is 2.52 bits per heavy atom. The third-order valence-corrected chi connectivity index (χ3v) is 4.34. The van der Waals surface area contributed by atoms with E-state index in [2.05, 4.69) is 48.0 Å². The van der Waals surface area contributed by atoms with Gasteiger partial charge >= 0.3 is 0 Å². The molecule has 1 fully saturated rings. The average molecular weight is 335 g/mol. The maximum absolute atomic E-state index is 5.51. The molecule has 0 unspecified atom stereocenters. The van der Waals surface area contributed by atoms with Crippen molar-refractivity contribution in [1.29, 1.82) is 0 Å². The van der Waals surface area contributed by atoms with Gasteiger partial charge < -0.3 is 19.7 Å². The van der Waals surface area contributed by atoms with Crippen molar-refractivity contribution in [2.45, 2.75) is 32.9 Å². The zero-order chi connectivity index (χ0) is 16.4. The van der Waals surface area contributed by atoms with Gasteiger partial charge in [0.2, 0.25) is 6.79 Å². The summed E-state index contributed by atoms with van der Waals surface area (Å²) in [5.74, 6) is 1.70. The van der Waals surface area contributed by atoms with Gasteiger partial charge in [-0.25, -0.2) is 0 Å². The van der Waals surface area contributed by atoms with Crippen LogP contribution in [-0.4, -0.2) is 53.4 Å². The van der Waals surface area contributed by atoms with Gasteiger partial charge in [0.05, 0.1) is 0 Å². The molecule has 126 valence electrons. The molecular weight excluding hydrogens is 310 g/mol. The van der Waals surface area contributed by atoms with E-state index in [1.54, 1.807) is 0 Å². The Kier molecular flexibility index (Phi) is 4.64. The highest BCUT2D eigenvalue weighted by atomic mass is 32.1. The van der Waals surface area contributed by atoms with Crippen LogP contribution in [0.25, 0.3) is 0 Å². The molecule has 1 aromatic carbocycles. The fourth-order valence-electron chi connectivity index (χ4n) is 2.81. The van der Waals surface area contributed by atoms with Gasteiger partial charge in [0.1, 0.15) is 0 Å². The van der Waals surface area contributed by atoms with Crippen LogP contribution in [0.2, 0.25) is 0 Å². The molecule has 0 atom stereocenters. The normalized spacial score (nSPS) is 18.1. The van der Waals surface area contributed by atoms with E-state index in [4.69, 9.17) is 21.7 Å². The largest absolute Gasteiger partial charge is 0.454 e. The summed E-state index contributed by atoms with van der Waals surface area (Å²) in [4.78, 5) is 4.71. The lowest BCUT2D eigenvalue weighted by Crippen LogP contribution is -2.54. The number of nitrogens with one attached hydrogen (secondary N) is 1. The summed E-state index contributed by atoms with van der Waals surface area (Å²) in [5, 5.41) is 4.25. The molecule has 5 nitrogen and oxygen atoms in total. The van der Waals surface area contributed by atoms with Gasteiger partial charge in [-0.3, -0.25) is 4.90 Å². The van der Waals surface area contributed by atoms with Gasteiger partial charge in [0, 0.05) is 38.3 Å². The van der Waals surface area contributed by atoms with Crippen molar-refractivity contribution < 1.29 is 9.47 Å². The summed E-state index contributed by atoms with van der Waals surface area (Å²) in [5.41, 5.74) is 1.28. The van der Waals surface area contributed by atoms with Crippen molar-refractivity contribution in [3.63, 3.8) is 0 Å². The van der Waals surface area contributed by atoms with Gasteiger partial charge in [-0.15, -0.1) is 0 Å². The van der Waals surface area contributed by atoms with Gasteiger partial charge in [-0.1, -0.05) is 6.07 Å². The van der Waals surface area contributed by atoms with Crippen LogP contribution in [0.5, 0.6) is 11.5 Å². The van der Waals surface area contributed by atoms with Crippen LogP contribution in [0.3, 0.4) is 0 Å². The van der Waals surface area contributed by atoms with E-state index < -0.39 is 0 Å². The zero-order valence-electron chi connectivity index (χ0n) is 14.1. The molecule has 2 aliphatic rings. The highest BCUT2D eigenvalue weighted by Gasteiger charge is 2.22. The molecule has 6 heteroatoms. The van der Waals surface area contributed by atoms with Crippen molar-refractivity contribution >= 4 is 17.3 Å². The molecule has 1 aromatic rings. The predicted molar refractivity (Wildman–Crippen MR) is 94.9 cm³/mol. The van der Waals surface area contributed by atoms with E-state index in [0.29, 0.717) is 6.79 Å². The molecule has 0 radical (unpaired) electrons. The molecule has 0 bridgehead atoms. The van der Waals surface area contributed by atoms with Crippen molar-refractivity contribution in [3.05, 3.63) is 23.8 Å². The quantitative estimate of drug-likeness (QED) is 0.835. The van der Waals surface area contributed by atoms with Gasteiger partial charge in [-0.05, 0) is 50.7 Å². The average Bonchev–Trinajstić information content (AvgIpc) is 2.94. The van der Waals surface area contributed by atoms with Crippen LogP contribution in [-0.2, 0) is 6.54 Å². The summed E-state index contributed by atoms with van der Waals surface area (Å²) < 4.78 is 10.8. The second-order valence-electron chi connectivity index (χ2n) is 7.13. The van der Waals surface area contributed by atoms with Gasteiger partial charge in [0.15, 0.2) is 16.6 Å². The molecule has 2 heterocycles. The number of piperazine rings is 1. The molecule has 0 aliphatic carbocycles. The van der Waals surface area contributed by atoms with Crippen LogP contribution in [0.15, 0.2) is 18.2 Å². The molecule has 1 N–H and O–H groups in total. The summed E-state index contributed by atoms with van der Waals surface area (Å²) >= 11 is 5.51. The first kappa shape index (κ1) is 16.3. The van der Waals surface area contributed by atoms with Crippen LogP contribution >= 0.6 is 12.2 Å². The predicted octanol–water partition coefficient (Wildman–Crippen LogP) is 2.21. The molecule has 3 rings (SSSR count). The highest BCUT2D eigenvalue weighted by Crippen LogP contribution is 2.32. The Bertz CT molecular complexity index is 578. The van der Waals surface area contributed by atoms with E-state index >= 15 is 0 Å². The van der Waals surface area contributed by atoms with E-state index in [1.807, 2.05) is 6.07 Å². The number of nitrogens with zero attached hydrogens (tertiary/aromatic N) is 2. The molecule has 0 saturated carbocycles. The van der Waals surface area contributed by atoms with Gasteiger partial charge in [0.25, 0.3) is 0 Å². The molecule has 0 aromatic heterocycles. The number of ether oxygens (including phenoxy) is 2. The first-order valence-corrected chi connectivity index (χ1v) is 8.49. The third kappa shape index (κ3) is 4.26. The number of hydrogen-bond donors (Lipinski definition) is 1. The topological polar surface area (TPSA) is 37.0 Å². The van der Waals surface area contributed by atoms with Crippen LogP contribution < -0.4 is 14.8 Å². The Morgan fingerprint density at radius 2 is 1.83 bits per heavy atom.